The van der Waals surface area contributed by atoms with Crippen molar-refractivity contribution in [1.29, 1.82) is 0 Å². The molecule has 0 bridgehead atoms. The van der Waals surface area contributed by atoms with Crippen LogP contribution in [0.1, 0.15) is 27.0 Å². The van der Waals surface area contributed by atoms with E-state index in [9.17, 15) is 9.18 Å². The molecule has 0 spiro atoms. The lowest BCUT2D eigenvalue weighted by Crippen LogP contribution is -2.48. The van der Waals surface area contributed by atoms with Gasteiger partial charge in [0, 0.05) is 43.9 Å². The summed E-state index contributed by atoms with van der Waals surface area (Å²) >= 11 is 0. The minimum atomic E-state index is -0.260. The molecule has 2 aromatic rings. The average molecular weight is 356 g/mol. The first-order valence-corrected chi connectivity index (χ1v) is 8.89. The van der Waals surface area contributed by atoms with E-state index >= 15 is 0 Å². The molecule has 138 valence electrons. The molecular weight excluding hydrogens is 331 g/mol. The van der Waals surface area contributed by atoms with Crippen molar-refractivity contribution >= 4 is 5.91 Å². The van der Waals surface area contributed by atoms with Crippen LogP contribution in [0.25, 0.3) is 0 Å². The van der Waals surface area contributed by atoms with Gasteiger partial charge in [-0.05, 0) is 55.3 Å². The highest BCUT2D eigenvalue weighted by Crippen LogP contribution is 2.22. The summed E-state index contributed by atoms with van der Waals surface area (Å²) in [5.74, 6) is 0.514. The number of benzene rings is 2. The maximum Gasteiger partial charge on any atom is 0.253 e. The fourth-order valence-corrected chi connectivity index (χ4v) is 3.28. The number of amides is 1. The lowest BCUT2D eigenvalue weighted by atomic mass is 10.1. The SMILES string of the molecule is COc1ccc(F)cc1CN1CCN(C(=O)c2ccc(C)c(C)c2)CC1. The van der Waals surface area contributed by atoms with Gasteiger partial charge < -0.3 is 9.64 Å². The number of hydrogen-bond acceptors (Lipinski definition) is 3. The smallest absolute Gasteiger partial charge is 0.253 e. The molecule has 1 amide bonds. The van der Waals surface area contributed by atoms with Crippen LogP contribution in [0.5, 0.6) is 5.75 Å². The number of hydrogen-bond donors (Lipinski definition) is 0. The summed E-state index contributed by atoms with van der Waals surface area (Å²) < 4.78 is 18.8. The third-order valence-electron chi connectivity index (χ3n) is 5.05. The van der Waals surface area contributed by atoms with Gasteiger partial charge in [0.05, 0.1) is 7.11 Å². The van der Waals surface area contributed by atoms with Crippen LogP contribution in [-0.2, 0) is 6.54 Å². The number of nitrogens with zero attached hydrogens (tertiary/aromatic N) is 2. The monoisotopic (exact) mass is 356 g/mol. The first-order chi connectivity index (χ1) is 12.5. The normalized spacial score (nSPS) is 15.2. The molecule has 5 heteroatoms. The van der Waals surface area contributed by atoms with Crippen molar-refractivity contribution in [1.82, 2.24) is 9.80 Å². The highest BCUT2D eigenvalue weighted by atomic mass is 19.1. The van der Waals surface area contributed by atoms with Crippen LogP contribution in [0.2, 0.25) is 0 Å². The van der Waals surface area contributed by atoms with Crippen molar-refractivity contribution in [3.8, 4) is 5.75 Å². The first kappa shape index (κ1) is 18.4. The molecule has 1 heterocycles. The summed E-state index contributed by atoms with van der Waals surface area (Å²) in [5, 5.41) is 0. The van der Waals surface area contributed by atoms with Gasteiger partial charge in [0.1, 0.15) is 11.6 Å². The Morgan fingerprint density at radius 3 is 2.42 bits per heavy atom. The molecule has 1 aliphatic rings. The number of carbonyl (C=O) groups excluding carboxylic acids is 1. The second-order valence-corrected chi connectivity index (χ2v) is 6.82. The Kier molecular flexibility index (Phi) is 5.57. The molecule has 0 unspecified atom stereocenters. The van der Waals surface area contributed by atoms with Crippen LogP contribution in [-0.4, -0.2) is 49.0 Å². The highest BCUT2D eigenvalue weighted by molar-refractivity contribution is 5.94. The van der Waals surface area contributed by atoms with E-state index in [1.165, 1.54) is 17.7 Å². The summed E-state index contributed by atoms with van der Waals surface area (Å²) in [7, 11) is 1.59. The van der Waals surface area contributed by atoms with Crippen molar-refractivity contribution in [2.75, 3.05) is 33.3 Å². The number of piperazine rings is 1. The number of rotatable bonds is 4. The van der Waals surface area contributed by atoms with Gasteiger partial charge in [0.2, 0.25) is 0 Å². The summed E-state index contributed by atoms with van der Waals surface area (Å²) in [6.07, 6.45) is 0. The Bertz CT molecular complexity index is 799. The number of halogens is 1. The molecule has 4 nitrogen and oxygen atoms in total. The fourth-order valence-electron chi connectivity index (χ4n) is 3.28. The van der Waals surface area contributed by atoms with Crippen LogP contribution in [0.4, 0.5) is 4.39 Å². The summed E-state index contributed by atoms with van der Waals surface area (Å²) in [6.45, 7) is 7.55. The van der Waals surface area contributed by atoms with Crippen molar-refractivity contribution in [2.24, 2.45) is 0 Å². The number of ether oxygens (including phenoxy) is 1. The Balaban J connectivity index is 1.61. The van der Waals surface area contributed by atoms with Gasteiger partial charge in [0.15, 0.2) is 0 Å². The predicted octanol–water partition coefficient (Wildman–Crippen LogP) is 3.41. The van der Waals surface area contributed by atoms with Crippen LogP contribution >= 0.6 is 0 Å². The zero-order valence-electron chi connectivity index (χ0n) is 15.6. The molecule has 0 atom stereocenters. The van der Waals surface area contributed by atoms with E-state index in [0.717, 1.165) is 29.8 Å². The van der Waals surface area contributed by atoms with Gasteiger partial charge in [-0.3, -0.25) is 9.69 Å². The molecule has 1 aliphatic heterocycles. The van der Waals surface area contributed by atoms with Gasteiger partial charge in [0.25, 0.3) is 5.91 Å². The number of methoxy groups -OCH3 is 1. The topological polar surface area (TPSA) is 32.8 Å². The van der Waals surface area contributed by atoms with Crippen molar-refractivity contribution in [2.45, 2.75) is 20.4 Å². The lowest BCUT2D eigenvalue weighted by molar-refractivity contribution is 0.0627. The standard InChI is InChI=1S/C21H25FN2O2/c1-15-4-5-17(12-16(15)2)21(25)24-10-8-23(9-11-24)14-18-13-19(22)6-7-20(18)26-3/h4-7,12-13H,8-11,14H2,1-3H3. The summed E-state index contributed by atoms with van der Waals surface area (Å²) in [6, 6.07) is 10.4. The van der Waals surface area contributed by atoms with E-state index in [1.807, 2.05) is 36.9 Å². The Hall–Kier alpha value is -2.40. The molecule has 0 radical (unpaired) electrons. The van der Waals surface area contributed by atoms with Crippen LogP contribution < -0.4 is 4.74 Å². The molecule has 3 rings (SSSR count). The molecule has 0 aromatic heterocycles. The maximum atomic E-state index is 13.5. The third-order valence-corrected chi connectivity index (χ3v) is 5.05. The number of aryl methyl sites for hydroxylation is 2. The van der Waals surface area contributed by atoms with E-state index in [0.29, 0.717) is 25.4 Å². The third kappa shape index (κ3) is 4.05. The largest absolute Gasteiger partial charge is 0.496 e. The molecular formula is C21H25FN2O2. The van der Waals surface area contributed by atoms with Crippen LogP contribution in [0.15, 0.2) is 36.4 Å². The molecule has 1 fully saturated rings. The molecule has 0 aliphatic carbocycles. The highest BCUT2D eigenvalue weighted by Gasteiger charge is 2.23. The van der Waals surface area contributed by atoms with Crippen molar-refractivity contribution in [3.05, 3.63) is 64.5 Å². The van der Waals surface area contributed by atoms with Crippen LogP contribution in [0, 0.1) is 19.7 Å². The predicted molar refractivity (Wildman–Crippen MR) is 100 cm³/mol. The summed E-state index contributed by atoms with van der Waals surface area (Å²) in [5.41, 5.74) is 3.90. The van der Waals surface area contributed by atoms with E-state index in [1.54, 1.807) is 13.2 Å². The van der Waals surface area contributed by atoms with Crippen molar-refractivity contribution < 1.29 is 13.9 Å². The second-order valence-electron chi connectivity index (χ2n) is 6.82. The van der Waals surface area contributed by atoms with E-state index in [4.69, 9.17) is 4.74 Å². The molecule has 0 N–H and O–H groups in total. The van der Waals surface area contributed by atoms with Crippen molar-refractivity contribution in [3.63, 3.8) is 0 Å². The van der Waals surface area contributed by atoms with E-state index in [-0.39, 0.29) is 11.7 Å². The van der Waals surface area contributed by atoms with Crippen LogP contribution in [0.3, 0.4) is 0 Å². The van der Waals surface area contributed by atoms with Gasteiger partial charge in [-0.2, -0.15) is 0 Å². The Morgan fingerprint density at radius 2 is 1.77 bits per heavy atom. The molecule has 2 aromatic carbocycles. The second kappa shape index (κ2) is 7.87. The zero-order valence-corrected chi connectivity index (χ0v) is 15.6. The van der Waals surface area contributed by atoms with Gasteiger partial charge >= 0.3 is 0 Å². The van der Waals surface area contributed by atoms with Gasteiger partial charge in [-0.1, -0.05) is 6.07 Å². The number of carbonyl (C=O) groups is 1. The quantitative estimate of drug-likeness (QED) is 0.842. The molecule has 1 saturated heterocycles. The van der Waals surface area contributed by atoms with E-state index in [2.05, 4.69) is 4.90 Å². The van der Waals surface area contributed by atoms with Gasteiger partial charge in [-0.25, -0.2) is 4.39 Å². The fraction of sp³-hybridized carbons (Fsp3) is 0.381. The minimum absolute atomic E-state index is 0.0797. The summed E-state index contributed by atoms with van der Waals surface area (Å²) in [4.78, 5) is 16.8. The lowest BCUT2D eigenvalue weighted by Gasteiger charge is -2.35. The first-order valence-electron chi connectivity index (χ1n) is 8.89. The maximum absolute atomic E-state index is 13.5. The van der Waals surface area contributed by atoms with E-state index < -0.39 is 0 Å². The minimum Gasteiger partial charge on any atom is -0.496 e. The van der Waals surface area contributed by atoms with Gasteiger partial charge in [-0.15, -0.1) is 0 Å². The average Bonchev–Trinajstić information content (AvgIpc) is 2.64. The zero-order chi connectivity index (χ0) is 18.7. The molecule has 0 saturated carbocycles. The Labute approximate surface area is 154 Å². The molecule has 26 heavy (non-hydrogen) atoms. The Morgan fingerprint density at radius 1 is 1.04 bits per heavy atom.